The maximum absolute atomic E-state index is 13.2. The number of aliphatic hydroxyl groups is 2. The van der Waals surface area contributed by atoms with Crippen molar-refractivity contribution in [1.29, 1.82) is 0 Å². The summed E-state index contributed by atoms with van der Waals surface area (Å²) >= 11 is 0. The van der Waals surface area contributed by atoms with E-state index in [1.165, 1.54) is 0 Å². The highest BCUT2D eigenvalue weighted by Crippen LogP contribution is 2.47. The van der Waals surface area contributed by atoms with Crippen LogP contribution in [0.15, 0.2) is 60.9 Å². The smallest absolute Gasteiger partial charge is 0.260 e. The first-order chi connectivity index (χ1) is 16.9. The molecular formula is C24H24N8O3. The second-order valence-corrected chi connectivity index (χ2v) is 8.97. The van der Waals surface area contributed by atoms with Crippen molar-refractivity contribution in [3.05, 3.63) is 66.5 Å². The van der Waals surface area contributed by atoms with Crippen LogP contribution < -0.4 is 11.1 Å². The van der Waals surface area contributed by atoms with E-state index < -0.39 is 23.5 Å². The molecule has 5 N–H and O–H groups in total. The number of nitrogens with zero attached hydrogens (tertiary/aromatic N) is 6. The highest BCUT2D eigenvalue weighted by molar-refractivity contribution is 6.02. The molecule has 0 radical (unpaired) electrons. The van der Waals surface area contributed by atoms with Gasteiger partial charge in [0.25, 0.3) is 5.91 Å². The molecule has 3 aromatic heterocycles. The van der Waals surface area contributed by atoms with E-state index in [1.807, 2.05) is 41.0 Å². The van der Waals surface area contributed by atoms with Gasteiger partial charge in [-0.25, -0.2) is 9.67 Å². The molecule has 1 aromatic carbocycles. The summed E-state index contributed by atoms with van der Waals surface area (Å²) in [4.78, 5) is 26.5. The van der Waals surface area contributed by atoms with Crippen LogP contribution >= 0.6 is 0 Å². The first kappa shape index (κ1) is 21.4. The number of rotatable bonds is 6. The third kappa shape index (κ3) is 3.39. The number of benzene rings is 1. The van der Waals surface area contributed by atoms with E-state index in [-0.39, 0.29) is 17.7 Å². The lowest BCUT2D eigenvalue weighted by molar-refractivity contribution is -0.149. The Morgan fingerprint density at radius 1 is 1.17 bits per heavy atom. The average Bonchev–Trinajstić information content (AvgIpc) is 3.64. The zero-order valence-corrected chi connectivity index (χ0v) is 18.7. The lowest BCUT2D eigenvalue weighted by atomic mass is 9.85. The molecule has 2 aliphatic rings. The summed E-state index contributed by atoms with van der Waals surface area (Å²) in [6.45, 7) is 0.525. The van der Waals surface area contributed by atoms with Crippen LogP contribution in [0.2, 0.25) is 0 Å². The number of imidazole rings is 1. The molecule has 6 rings (SSSR count). The molecule has 11 heteroatoms. The molecule has 11 nitrogen and oxygen atoms in total. The summed E-state index contributed by atoms with van der Waals surface area (Å²) in [5, 5.41) is 28.6. The van der Waals surface area contributed by atoms with E-state index >= 15 is 0 Å². The van der Waals surface area contributed by atoms with E-state index in [1.54, 1.807) is 29.2 Å². The van der Waals surface area contributed by atoms with Crippen molar-refractivity contribution < 1.29 is 15.0 Å². The molecule has 178 valence electrons. The van der Waals surface area contributed by atoms with E-state index in [4.69, 9.17) is 5.73 Å². The molecule has 1 saturated carbocycles. The summed E-state index contributed by atoms with van der Waals surface area (Å²) < 4.78 is 3.47. The first-order valence-electron chi connectivity index (χ1n) is 11.4. The predicted octanol–water partition coefficient (Wildman–Crippen LogP) is 1.07. The van der Waals surface area contributed by atoms with Crippen molar-refractivity contribution in [3.8, 4) is 5.95 Å². The minimum atomic E-state index is -1.95. The molecule has 0 spiro atoms. The van der Waals surface area contributed by atoms with Crippen LogP contribution in [0.4, 0.5) is 11.8 Å². The van der Waals surface area contributed by atoms with Gasteiger partial charge in [-0.3, -0.25) is 9.36 Å². The Morgan fingerprint density at radius 3 is 2.71 bits per heavy atom. The van der Waals surface area contributed by atoms with Crippen molar-refractivity contribution in [2.45, 2.75) is 31.1 Å². The molecule has 0 saturated heterocycles. The van der Waals surface area contributed by atoms with Crippen molar-refractivity contribution in [2.24, 2.45) is 11.8 Å². The summed E-state index contributed by atoms with van der Waals surface area (Å²) in [5.74, 6) is -0.980. The third-order valence-electron chi connectivity index (χ3n) is 6.90. The van der Waals surface area contributed by atoms with Crippen LogP contribution in [0.25, 0.3) is 17.1 Å². The molecule has 4 aromatic rings. The Hall–Kier alpha value is -4.09. The number of nitrogens with two attached hydrogens (primary N) is 1. The molecule has 2 bridgehead atoms. The first-order valence-corrected chi connectivity index (χ1v) is 11.4. The van der Waals surface area contributed by atoms with E-state index in [2.05, 4.69) is 25.4 Å². The topological polar surface area (TPSA) is 157 Å². The number of anilines is 2. The number of aryl methyl sites for hydroxylation is 2. The van der Waals surface area contributed by atoms with Gasteiger partial charge < -0.3 is 21.3 Å². The zero-order chi connectivity index (χ0) is 24.2. The quantitative estimate of drug-likeness (QED) is 0.304. The van der Waals surface area contributed by atoms with Crippen LogP contribution in [-0.4, -0.2) is 57.1 Å². The number of amides is 1. The minimum Gasteiger partial charge on any atom is -0.389 e. The number of nitrogen functional groups attached to an aromatic ring is 1. The van der Waals surface area contributed by atoms with Gasteiger partial charge in [0.1, 0.15) is 0 Å². The number of hydrogen-bond donors (Lipinski definition) is 4. The summed E-state index contributed by atoms with van der Waals surface area (Å²) in [7, 11) is 0. The van der Waals surface area contributed by atoms with E-state index in [0.717, 1.165) is 5.56 Å². The van der Waals surface area contributed by atoms with Crippen molar-refractivity contribution in [2.75, 3.05) is 11.1 Å². The highest BCUT2D eigenvalue weighted by Gasteiger charge is 2.59. The number of aromatic nitrogens is 6. The minimum absolute atomic E-state index is 0.0546. The van der Waals surface area contributed by atoms with Crippen LogP contribution in [0.3, 0.4) is 0 Å². The van der Waals surface area contributed by atoms with Gasteiger partial charge >= 0.3 is 0 Å². The van der Waals surface area contributed by atoms with Gasteiger partial charge in [-0.2, -0.15) is 15.1 Å². The van der Waals surface area contributed by atoms with E-state index in [9.17, 15) is 15.0 Å². The molecule has 4 atom stereocenters. The number of nitrogens with one attached hydrogen (secondary N) is 1. The Bertz CT molecular complexity index is 1430. The lowest BCUT2D eigenvalue weighted by Gasteiger charge is -2.32. The predicted molar refractivity (Wildman–Crippen MR) is 127 cm³/mol. The molecule has 4 unspecified atom stereocenters. The summed E-state index contributed by atoms with van der Waals surface area (Å²) in [6, 6.07) is 11.8. The van der Waals surface area contributed by atoms with Crippen LogP contribution in [0, 0.1) is 11.8 Å². The summed E-state index contributed by atoms with van der Waals surface area (Å²) in [5.41, 5.74) is 5.94. The molecule has 35 heavy (non-hydrogen) atoms. The number of aliphatic hydroxyl groups excluding tert-OH is 1. The number of hydrogen-bond acceptors (Lipinski definition) is 8. The van der Waals surface area contributed by atoms with Crippen molar-refractivity contribution in [3.63, 3.8) is 0 Å². The molecule has 1 amide bonds. The Labute approximate surface area is 200 Å². The molecule has 3 heterocycles. The number of fused-ring (bicyclic) bond motifs is 3. The molecule has 2 aliphatic carbocycles. The van der Waals surface area contributed by atoms with Crippen molar-refractivity contribution in [1.82, 2.24) is 29.3 Å². The Morgan fingerprint density at radius 2 is 2.00 bits per heavy atom. The lowest BCUT2D eigenvalue weighted by Crippen LogP contribution is -2.55. The van der Waals surface area contributed by atoms with Gasteiger partial charge in [0, 0.05) is 30.8 Å². The van der Waals surface area contributed by atoms with Gasteiger partial charge in [0.15, 0.2) is 22.6 Å². The van der Waals surface area contributed by atoms with Gasteiger partial charge in [-0.1, -0.05) is 42.5 Å². The van der Waals surface area contributed by atoms with Crippen LogP contribution in [0.1, 0.15) is 12.0 Å². The highest BCUT2D eigenvalue weighted by atomic mass is 16.4. The maximum Gasteiger partial charge on any atom is 0.260 e. The van der Waals surface area contributed by atoms with Gasteiger partial charge in [0.05, 0.1) is 6.10 Å². The number of carbonyl (C=O) groups excluding carboxylic acids is 1. The van der Waals surface area contributed by atoms with E-state index in [0.29, 0.717) is 36.5 Å². The Balaban J connectivity index is 1.41. The maximum atomic E-state index is 13.2. The fourth-order valence-corrected chi connectivity index (χ4v) is 5.09. The van der Waals surface area contributed by atoms with Crippen LogP contribution in [-0.2, 0) is 17.8 Å². The fraction of sp³-hybridized carbons (Fsp3) is 0.292. The normalized spacial score (nSPS) is 24.9. The largest absolute Gasteiger partial charge is 0.389 e. The molecule has 1 fully saturated rings. The standard InChI is InChI=1S/C24H24N8O3/c25-22-29-19(28-21(34)24(35)16-8-7-15(13-16)18(24)33)17-20(30-22)31(12-9-14-5-2-1-3-6-14)23(27-17)32-11-4-10-26-32/h1-8,10-11,15-16,18,33,35H,9,12-13H2,(H3,25,28,29,30,34). The summed E-state index contributed by atoms with van der Waals surface area (Å²) in [6.07, 6.45) is 7.03. The van der Waals surface area contributed by atoms with Gasteiger partial charge in [0.2, 0.25) is 11.9 Å². The SMILES string of the molecule is Nc1nc(NC(=O)C2(O)C3C=CC(C3)C2O)c2nc(-n3cccn3)n(CCc3ccccc3)c2n1. The average molecular weight is 473 g/mol. The number of carbonyl (C=O) groups is 1. The molecule has 0 aliphatic heterocycles. The van der Waals surface area contributed by atoms with Gasteiger partial charge in [-0.15, -0.1) is 0 Å². The second kappa shape index (κ2) is 8.00. The zero-order valence-electron chi connectivity index (χ0n) is 18.7. The fourth-order valence-electron chi connectivity index (χ4n) is 5.09. The molecular weight excluding hydrogens is 448 g/mol. The monoisotopic (exact) mass is 472 g/mol. The van der Waals surface area contributed by atoms with Crippen molar-refractivity contribution >= 4 is 28.8 Å². The van der Waals surface area contributed by atoms with Gasteiger partial charge in [-0.05, 0) is 24.5 Å². The second-order valence-electron chi connectivity index (χ2n) is 8.97. The Kier molecular flexibility index (Phi) is 4.90. The van der Waals surface area contributed by atoms with Crippen LogP contribution in [0.5, 0.6) is 0 Å². The third-order valence-corrected chi connectivity index (χ3v) is 6.90.